The van der Waals surface area contributed by atoms with Gasteiger partial charge in [-0.15, -0.1) is 0 Å². The van der Waals surface area contributed by atoms with Gasteiger partial charge in [0.2, 0.25) is 0 Å². The van der Waals surface area contributed by atoms with Crippen molar-refractivity contribution in [1.29, 1.82) is 0 Å². The Labute approximate surface area is 177 Å². The van der Waals surface area contributed by atoms with Gasteiger partial charge in [0, 0.05) is 12.8 Å². The van der Waals surface area contributed by atoms with Gasteiger partial charge in [-0.25, -0.2) is 4.79 Å². The lowest BCUT2D eigenvalue weighted by Crippen LogP contribution is -2.72. The molecule has 3 fully saturated rings. The molecular formula is C24H32O6. The second-order valence-electron chi connectivity index (χ2n) is 9.90. The number of esters is 2. The molecule has 2 aliphatic carbocycles. The van der Waals surface area contributed by atoms with E-state index in [1.165, 1.54) is 6.92 Å². The molecule has 0 amide bonds. The molecule has 1 heterocycles. The number of carbonyl (C=O) groups is 2. The smallest absolute Gasteiger partial charge is 0.338 e. The van der Waals surface area contributed by atoms with Crippen LogP contribution in [0.1, 0.15) is 64.2 Å². The van der Waals surface area contributed by atoms with Crippen molar-refractivity contribution in [3.63, 3.8) is 0 Å². The van der Waals surface area contributed by atoms with Crippen molar-refractivity contribution in [2.75, 3.05) is 0 Å². The lowest BCUT2D eigenvalue weighted by atomic mass is 9.49. The van der Waals surface area contributed by atoms with E-state index in [0.717, 1.165) is 6.42 Å². The molecular weight excluding hydrogens is 384 g/mol. The molecule has 164 valence electrons. The Kier molecular flexibility index (Phi) is 5.02. The third-order valence-electron chi connectivity index (χ3n) is 7.95. The Morgan fingerprint density at radius 2 is 1.73 bits per heavy atom. The Bertz CT molecular complexity index is 835. The Morgan fingerprint density at radius 3 is 2.37 bits per heavy atom. The van der Waals surface area contributed by atoms with Crippen LogP contribution in [0.2, 0.25) is 0 Å². The monoisotopic (exact) mass is 416 g/mol. The molecule has 4 rings (SSSR count). The van der Waals surface area contributed by atoms with Gasteiger partial charge in [-0.3, -0.25) is 4.79 Å². The first-order valence-corrected chi connectivity index (χ1v) is 10.9. The maximum atomic E-state index is 12.9. The number of hydrogen-bond acceptors (Lipinski definition) is 6. The molecule has 2 saturated carbocycles. The van der Waals surface area contributed by atoms with Gasteiger partial charge in [0.1, 0.15) is 17.8 Å². The van der Waals surface area contributed by atoms with Crippen LogP contribution >= 0.6 is 0 Å². The van der Waals surface area contributed by atoms with E-state index in [2.05, 4.69) is 6.92 Å². The van der Waals surface area contributed by atoms with Crippen molar-refractivity contribution in [3.05, 3.63) is 35.9 Å². The van der Waals surface area contributed by atoms with Crippen LogP contribution in [0.5, 0.6) is 0 Å². The highest BCUT2D eigenvalue weighted by Gasteiger charge is 2.77. The van der Waals surface area contributed by atoms with Crippen LogP contribution in [0, 0.1) is 17.3 Å². The van der Waals surface area contributed by atoms with Crippen LogP contribution in [-0.2, 0) is 19.0 Å². The molecule has 2 bridgehead atoms. The van der Waals surface area contributed by atoms with Gasteiger partial charge in [0.05, 0.1) is 22.7 Å². The highest BCUT2D eigenvalue weighted by molar-refractivity contribution is 5.89. The number of carbonyl (C=O) groups excluding carboxylic acids is 2. The second-order valence-corrected chi connectivity index (χ2v) is 9.90. The highest BCUT2D eigenvalue weighted by Crippen LogP contribution is 2.66. The van der Waals surface area contributed by atoms with Gasteiger partial charge in [0.25, 0.3) is 0 Å². The molecule has 6 nitrogen and oxygen atoms in total. The number of benzene rings is 1. The summed E-state index contributed by atoms with van der Waals surface area (Å²) >= 11 is 0. The number of aliphatic hydroxyl groups is 1. The topological polar surface area (TPSA) is 82.1 Å². The molecule has 7 atom stereocenters. The number of rotatable bonds is 3. The second kappa shape index (κ2) is 7.06. The van der Waals surface area contributed by atoms with Crippen molar-refractivity contribution < 1.29 is 28.9 Å². The van der Waals surface area contributed by atoms with Crippen LogP contribution < -0.4 is 0 Å². The fourth-order valence-electron chi connectivity index (χ4n) is 6.44. The van der Waals surface area contributed by atoms with Crippen LogP contribution in [0.3, 0.4) is 0 Å². The van der Waals surface area contributed by atoms with Crippen LogP contribution in [0.15, 0.2) is 30.3 Å². The van der Waals surface area contributed by atoms with Gasteiger partial charge in [-0.05, 0) is 58.1 Å². The molecule has 3 aliphatic rings. The fraction of sp³-hybridized carbons (Fsp3) is 0.667. The summed E-state index contributed by atoms with van der Waals surface area (Å²) in [6.45, 7) is 9.40. The number of ether oxygens (including phenoxy) is 3. The lowest BCUT2D eigenvalue weighted by Gasteiger charge is -2.61. The van der Waals surface area contributed by atoms with E-state index in [9.17, 15) is 14.7 Å². The molecule has 1 aromatic carbocycles. The molecule has 30 heavy (non-hydrogen) atoms. The fourth-order valence-corrected chi connectivity index (χ4v) is 6.44. The van der Waals surface area contributed by atoms with Gasteiger partial charge in [-0.2, -0.15) is 0 Å². The van der Waals surface area contributed by atoms with Crippen LogP contribution in [0.4, 0.5) is 0 Å². The molecule has 0 radical (unpaired) electrons. The summed E-state index contributed by atoms with van der Waals surface area (Å²) < 4.78 is 18.6. The summed E-state index contributed by atoms with van der Waals surface area (Å²) in [5.41, 5.74) is -1.93. The van der Waals surface area contributed by atoms with Gasteiger partial charge >= 0.3 is 11.9 Å². The maximum Gasteiger partial charge on any atom is 0.338 e. The van der Waals surface area contributed by atoms with E-state index in [1.54, 1.807) is 24.3 Å². The lowest BCUT2D eigenvalue weighted by molar-refractivity contribution is -0.283. The van der Waals surface area contributed by atoms with E-state index in [0.29, 0.717) is 18.4 Å². The van der Waals surface area contributed by atoms with Crippen molar-refractivity contribution in [2.24, 2.45) is 17.3 Å². The largest absolute Gasteiger partial charge is 0.462 e. The normalized spacial score (nSPS) is 41.6. The molecule has 1 N–H and O–H groups in total. The summed E-state index contributed by atoms with van der Waals surface area (Å²) in [7, 11) is 0. The average Bonchev–Trinajstić information content (AvgIpc) is 2.84. The molecule has 0 aromatic heterocycles. The quantitative estimate of drug-likeness (QED) is 0.760. The van der Waals surface area contributed by atoms with Crippen LogP contribution in [0.25, 0.3) is 0 Å². The van der Waals surface area contributed by atoms with Crippen molar-refractivity contribution in [2.45, 2.75) is 83.4 Å². The summed E-state index contributed by atoms with van der Waals surface area (Å²) in [4.78, 5) is 24.9. The molecule has 1 spiro atoms. The summed E-state index contributed by atoms with van der Waals surface area (Å²) in [5.74, 6) is -0.939. The van der Waals surface area contributed by atoms with Gasteiger partial charge < -0.3 is 19.3 Å². The molecule has 1 aromatic rings. The van der Waals surface area contributed by atoms with E-state index >= 15 is 0 Å². The minimum Gasteiger partial charge on any atom is -0.462 e. The summed E-state index contributed by atoms with van der Waals surface area (Å²) in [5, 5.41) is 11.5. The molecule has 1 aliphatic heterocycles. The first kappa shape index (κ1) is 21.3. The minimum absolute atomic E-state index is 0.0202. The Balaban J connectivity index is 1.78. The SMILES string of the molecule is CC(=O)O[C@H]1C[C@@H]2[C@@H](O)[C@]3(OC2(C)C)[C@H](C)CC[C@H](OC(=O)c2ccccc2)[C@@]13C. The number of aliphatic hydroxyl groups excluding tert-OH is 1. The zero-order valence-electron chi connectivity index (χ0n) is 18.4. The predicted octanol–water partition coefficient (Wildman–Crippen LogP) is 3.51. The Morgan fingerprint density at radius 1 is 1.07 bits per heavy atom. The third kappa shape index (κ3) is 2.83. The summed E-state index contributed by atoms with van der Waals surface area (Å²) in [6, 6.07) is 8.87. The molecule has 6 heteroatoms. The zero-order valence-corrected chi connectivity index (χ0v) is 18.4. The first-order chi connectivity index (χ1) is 14.0. The van der Waals surface area contributed by atoms with E-state index in [-0.39, 0.29) is 17.8 Å². The van der Waals surface area contributed by atoms with Crippen molar-refractivity contribution in [3.8, 4) is 0 Å². The Hall–Kier alpha value is -1.92. The van der Waals surface area contributed by atoms with Crippen molar-refractivity contribution in [1.82, 2.24) is 0 Å². The average molecular weight is 417 g/mol. The van der Waals surface area contributed by atoms with Crippen LogP contribution in [-0.4, -0.2) is 46.6 Å². The predicted molar refractivity (Wildman–Crippen MR) is 110 cm³/mol. The minimum atomic E-state index is -0.959. The number of hydrogen-bond donors (Lipinski definition) is 1. The number of fused-ring (bicyclic) bond motifs is 1. The standard InChI is InChI=1S/C24H32O6/c1-14-11-12-18(29-21(27)16-9-7-6-8-10-16)23(5)19(28-15(2)25)13-17-20(26)24(14,23)30-22(17,3)4/h6-10,14,17-20,26H,11-13H2,1-5H3/t14-,17-,18+,19+,20-,23+,24-/m1/s1. The third-order valence-corrected chi connectivity index (χ3v) is 7.95. The van der Waals surface area contributed by atoms with Gasteiger partial charge in [-0.1, -0.05) is 25.1 Å². The first-order valence-electron chi connectivity index (χ1n) is 10.9. The van der Waals surface area contributed by atoms with Gasteiger partial charge in [0.15, 0.2) is 0 Å². The molecule has 0 unspecified atom stereocenters. The highest BCUT2D eigenvalue weighted by atomic mass is 16.6. The summed E-state index contributed by atoms with van der Waals surface area (Å²) in [6.07, 6.45) is 0.0542. The van der Waals surface area contributed by atoms with E-state index in [4.69, 9.17) is 14.2 Å². The van der Waals surface area contributed by atoms with E-state index in [1.807, 2.05) is 26.8 Å². The van der Waals surface area contributed by atoms with E-state index < -0.39 is 40.9 Å². The van der Waals surface area contributed by atoms with Crippen molar-refractivity contribution >= 4 is 11.9 Å². The maximum absolute atomic E-state index is 12.9. The zero-order chi connectivity index (χ0) is 21.9. The molecule has 1 saturated heterocycles.